The lowest BCUT2D eigenvalue weighted by molar-refractivity contribution is -0.172. The summed E-state index contributed by atoms with van der Waals surface area (Å²) in [5, 5.41) is 22.4. The Balaban J connectivity index is 1.50. The number of hydrogen-bond donors (Lipinski definition) is 2. The molecule has 2 aromatic heterocycles. The van der Waals surface area contributed by atoms with Crippen molar-refractivity contribution < 1.29 is 24.5 Å². The lowest BCUT2D eigenvalue weighted by atomic mass is 9.86. The van der Waals surface area contributed by atoms with Crippen LogP contribution in [0.1, 0.15) is 37.0 Å². The standard InChI is InChI=1S/C26H26N4O6/c1-3-26(34)18-11-20-22-15(12-30(20)24(32)17(18)13-36-25(26)33)10-16-19(28-22)4-5-21(31)23(16)27-14(2)29-6-8-35-9-7-29/h4-5,10-11,31,34H,3,6-9,12-13H2,1-2H3/t26-/m0/s1. The van der Waals surface area contributed by atoms with Gasteiger partial charge in [0.05, 0.1) is 42.2 Å². The number of pyridine rings is 2. The van der Waals surface area contributed by atoms with Gasteiger partial charge in [0.15, 0.2) is 5.60 Å². The molecule has 3 aliphatic rings. The molecule has 1 atom stereocenters. The number of cyclic esters (lactones) is 1. The van der Waals surface area contributed by atoms with Gasteiger partial charge in [-0.25, -0.2) is 14.8 Å². The zero-order valence-electron chi connectivity index (χ0n) is 20.1. The molecule has 0 bridgehead atoms. The van der Waals surface area contributed by atoms with Gasteiger partial charge in [-0.2, -0.15) is 0 Å². The highest BCUT2D eigenvalue weighted by atomic mass is 16.6. The monoisotopic (exact) mass is 490 g/mol. The van der Waals surface area contributed by atoms with E-state index in [0.717, 1.165) is 24.5 Å². The Morgan fingerprint density at radius 1 is 1.22 bits per heavy atom. The zero-order valence-corrected chi connectivity index (χ0v) is 20.1. The number of carbonyl (C=O) groups is 1. The summed E-state index contributed by atoms with van der Waals surface area (Å²) in [6.45, 7) is 6.40. The van der Waals surface area contributed by atoms with Crippen molar-refractivity contribution in [3.05, 3.63) is 51.3 Å². The number of carbonyl (C=O) groups excluding carboxylic acids is 1. The van der Waals surface area contributed by atoms with Crippen molar-refractivity contribution in [2.24, 2.45) is 4.99 Å². The Labute approximate surface area is 206 Å². The fraction of sp³-hybridized carbons (Fsp3) is 0.385. The van der Waals surface area contributed by atoms with Crippen LogP contribution in [0.4, 0.5) is 5.69 Å². The molecule has 1 fully saturated rings. The average molecular weight is 491 g/mol. The summed E-state index contributed by atoms with van der Waals surface area (Å²) in [4.78, 5) is 37.4. The molecule has 1 aromatic carbocycles. The molecule has 0 unspecified atom stereocenters. The second-order valence-corrected chi connectivity index (χ2v) is 9.36. The molecule has 2 N–H and O–H groups in total. The minimum atomic E-state index is -1.87. The van der Waals surface area contributed by atoms with Crippen LogP contribution in [0.15, 0.2) is 34.1 Å². The maximum atomic E-state index is 13.4. The SMILES string of the molecule is CC[C@@]1(O)C(=O)OCc2c1cc1n(c2=O)Cc2cc3c(N=C(C)N4CCOCC4)c(O)ccc3nc2-1. The maximum Gasteiger partial charge on any atom is 0.343 e. The zero-order chi connectivity index (χ0) is 25.2. The van der Waals surface area contributed by atoms with E-state index >= 15 is 0 Å². The number of esters is 1. The summed E-state index contributed by atoms with van der Waals surface area (Å²) < 4.78 is 12.1. The summed E-state index contributed by atoms with van der Waals surface area (Å²) in [5.74, 6) is 0.0705. The van der Waals surface area contributed by atoms with E-state index in [0.29, 0.717) is 41.2 Å². The number of aromatic hydroxyl groups is 1. The number of hydrogen-bond acceptors (Lipinski definition) is 8. The molecule has 6 rings (SSSR count). The van der Waals surface area contributed by atoms with Gasteiger partial charge in [0.25, 0.3) is 5.56 Å². The predicted molar refractivity (Wildman–Crippen MR) is 131 cm³/mol. The lowest BCUT2D eigenvalue weighted by Gasteiger charge is -2.31. The summed E-state index contributed by atoms with van der Waals surface area (Å²) in [6, 6.07) is 6.87. The van der Waals surface area contributed by atoms with E-state index in [1.54, 1.807) is 29.7 Å². The van der Waals surface area contributed by atoms with Crippen molar-refractivity contribution in [3.63, 3.8) is 0 Å². The van der Waals surface area contributed by atoms with Crippen molar-refractivity contribution in [2.75, 3.05) is 26.3 Å². The Bertz CT molecular complexity index is 1520. The number of nitrogens with zero attached hydrogens (tertiary/aromatic N) is 4. The molecular formula is C26H26N4O6. The maximum absolute atomic E-state index is 13.4. The minimum absolute atomic E-state index is 0.0451. The lowest BCUT2D eigenvalue weighted by Crippen LogP contribution is -2.44. The number of phenolic OH excluding ortho intramolecular Hbond substituents is 1. The molecule has 1 saturated heterocycles. The summed E-state index contributed by atoms with van der Waals surface area (Å²) >= 11 is 0. The molecular weight excluding hydrogens is 464 g/mol. The molecule has 0 aliphatic carbocycles. The van der Waals surface area contributed by atoms with Gasteiger partial charge in [-0.3, -0.25) is 4.79 Å². The van der Waals surface area contributed by atoms with Crippen molar-refractivity contribution in [3.8, 4) is 17.1 Å². The highest BCUT2D eigenvalue weighted by Gasteiger charge is 2.45. The van der Waals surface area contributed by atoms with Gasteiger partial charge in [-0.15, -0.1) is 0 Å². The topological polar surface area (TPSA) is 126 Å². The highest BCUT2D eigenvalue weighted by molar-refractivity contribution is 5.98. The molecule has 3 aliphatic heterocycles. The number of rotatable bonds is 2. The number of ether oxygens (including phenoxy) is 2. The number of fused-ring (bicyclic) bond motifs is 5. The second-order valence-electron chi connectivity index (χ2n) is 9.36. The quantitative estimate of drug-likeness (QED) is 0.249. The van der Waals surface area contributed by atoms with E-state index in [4.69, 9.17) is 19.5 Å². The summed E-state index contributed by atoms with van der Waals surface area (Å²) in [5.41, 5.74) is 1.36. The first kappa shape index (κ1) is 22.7. The van der Waals surface area contributed by atoms with Gasteiger partial charge >= 0.3 is 5.97 Å². The third kappa shape index (κ3) is 3.25. The second kappa shape index (κ2) is 8.14. The highest BCUT2D eigenvalue weighted by Crippen LogP contribution is 2.41. The molecule has 0 saturated carbocycles. The van der Waals surface area contributed by atoms with Crippen LogP contribution in [0.25, 0.3) is 22.3 Å². The van der Waals surface area contributed by atoms with Crippen molar-refractivity contribution in [1.29, 1.82) is 0 Å². The number of benzene rings is 1. The van der Waals surface area contributed by atoms with Gasteiger partial charge in [0.2, 0.25) is 0 Å². The minimum Gasteiger partial charge on any atom is -0.506 e. The number of morpholine rings is 1. The van der Waals surface area contributed by atoms with E-state index in [1.807, 2.05) is 13.0 Å². The smallest absolute Gasteiger partial charge is 0.343 e. The van der Waals surface area contributed by atoms with Crippen LogP contribution in [-0.2, 0) is 33.0 Å². The Morgan fingerprint density at radius 3 is 2.75 bits per heavy atom. The number of phenols is 1. The number of aliphatic hydroxyl groups is 1. The Hall–Kier alpha value is -3.76. The molecule has 10 heteroatoms. The first-order chi connectivity index (χ1) is 17.3. The summed E-state index contributed by atoms with van der Waals surface area (Å²) in [7, 11) is 0. The number of amidine groups is 1. The van der Waals surface area contributed by atoms with Crippen LogP contribution in [0, 0.1) is 0 Å². The predicted octanol–water partition coefficient (Wildman–Crippen LogP) is 2.17. The van der Waals surface area contributed by atoms with Gasteiger partial charge in [0, 0.05) is 29.6 Å². The van der Waals surface area contributed by atoms with Gasteiger partial charge < -0.3 is 29.2 Å². The third-order valence-electron chi connectivity index (χ3n) is 7.38. The van der Waals surface area contributed by atoms with Gasteiger partial charge in [-0.05, 0) is 37.6 Å². The number of aromatic nitrogens is 2. The molecule has 5 heterocycles. The van der Waals surface area contributed by atoms with E-state index < -0.39 is 11.6 Å². The van der Waals surface area contributed by atoms with E-state index in [-0.39, 0.29) is 42.0 Å². The first-order valence-corrected chi connectivity index (χ1v) is 12.0. The van der Waals surface area contributed by atoms with Gasteiger partial charge in [0.1, 0.15) is 23.9 Å². The van der Waals surface area contributed by atoms with Crippen LogP contribution < -0.4 is 5.56 Å². The van der Waals surface area contributed by atoms with Crippen molar-refractivity contribution >= 4 is 28.4 Å². The average Bonchev–Trinajstić information content (AvgIpc) is 3.25. The first-order valence-electron chi connectivity index (χ1n) is 12.0. The normalized spacial score (nSPS) is 21.2. The Morgan fingerprint density at radius 2 is 2.00 bits per heavy atom. The fourth-order valence-corrected chi connectivity index (χ4v) is 5.26. The van der Waals surface area contributed by atoms with Crippen molar-refractivity contribution in [2.45, 2.75) is 39.0 Å². The van der Waals surface area contributed by atoms with E-state index in [1.165, 1.54) is 0 Å². The van der Waals surface area contributed by atoms with E-state index in [2.05, 4.69) is 4.90 Å². The molecule has 3 aromatic rings. The van der Waals surface area contributed by atoms with Crippen LogP contribution in [0.2, 0.25) is 0 Å². The molecule has 186 valence electrons. The summed E-state index contributed by atoms with van der Waals surface area (Å²) in [6.07, 6.45) is 0.0862. The van der Waals surface area contributed by atoms with Crippen LogP contribution in [-0.4, -0.2) is 62.8 Å². The van der Waals surface area contributed by atoms with Crippen LogP contribution in [0.3, 0.4) is 0 Å². The Kier molecular flexibility index (Phi) is 5.13. The molecule has 36 heavy (non-hydrogen) atoms. The number of aliphatic imine (C=N–C) groups is 1. The fourth-order valence-electron chi connectivity index (χ4n) is 5.26. The molecule has 0 amide bonds. The van der Waals surface area contributed by atoms with Crippen molar-refractivity contribution in [1.82, 2.24) is 14.5 Å². The van der Waals surface area contributed by atoms with E-state index in [9.17, 15) is 19.8 Å². The molecule has 0 spiro atoms. The molecule has 10 nitrogen and oxygen atoms in total. The van der Waals surface area contributed by atoms with Crippen LogP contribution >= 0.6 is 0 Å². The third-order valence-corrected chi connectivity index (χ3v) is 7.38. The largest absolute Gasteiger partial charge is 0.506 e. The van der Waals surface area contributed by atoms with Crippen LogP contribution in [0.5, 0.6) is 5.75 Å². The van der Waals surface area contributed by atoms with Gasteiger partial charge in [-0.1, -0.05) is 6.92 Å². The molecule has 0 radical (unpaired) electrons.